The Balaban J connectivity index is 2.74. The summed E-state index contributed by atoms with van der Waals surface area (Å²) in [6.45, 7) is 3.86. The number of rotatable bonds is 4. The number of carbonyl (C=O) groups excluding carboxylic acids is 1. The number of carbonyl (C=O) groups is 1. The first-order valence-corrected chi connectivity index (χ1v) is 6.00. The Labute approximate surface area is 108 Å². The van der Waals surface area contributed by atoms with Crippen molar-refractivity contribution >= 4 is 21.8 Å². The van der Waals surface area contributed by atoms with E-state index in [9.17, 15) is 9.18 Å². The van der Waals surface area contributed by atoms with Gasteiger partial charge in [0.25, 0.3) is 5.91 Å². The average molecular weight is 304 g/mol. The SMILES string of the molecule is CC(C)(CO)CNC(=O)c1cccc(Br)c1F. The molecule has 0 heterocycles. The van der Waals surface area contributed by atoms with Crippen LogP contribution in [0.5, 0.6) is 0 Å². The van der Waals surface area contributed by atoms with Gasteiger partial charge in [-0.25, -0.2) is 4.39 Å². The maximum absolute atomic E-state index is 13.6. The van der Waals surface area contributed by atoms with E-state index in [0.717, 1.165) is 0 Å². The fourth-order valence-electron chi connectivity index (χ4n) is 1.15. The van der Waals surface area contributed by atoms with Gasteiger partial charge >= 0.3 is 0 Å². The molecule has 0 aromatic heterocycles. The van der Waals surface area contributed by atoms with Gasteiger partial charge in [0.2, 0.25) is 0 Å². The van der Waals surface area contributed by atoms with Gasteiger partial charge in [0.1, 0.15) is 5.82 Å². The van der Waals surface area contributed by atoms with Crippen LogP contribution in [0.15, 0.2) is 22.7 Å². The van der Waals surface area contributed by atoms with E-state index in [1.165, 1.54) is 12.1 Å². The molecule has 0 fully saturated rings. The maximum Gasteiger partial charge on any atom is 0.254 e. The molecular weight excluding hydrogens is 289 g/mol. The summed E-state index contributed by atoms with van der Waals surface area (Å²) in [5, 5.41) is 11.6. The third-order valence-electron chi connectivity index (χ3n) is 2.35. The van der Waals surface area contributed by atoms with Crippen molar-refractivity contribution in [3.63, 3.8) is 0 Å². The summed E-state index contributed by atoms with van der Waals surface area (Å²) in [6, 6.07) is 4.55. The Hall–Kier alpha value is -0.940. The molecule has 0 radical (unpaired) electrons. The van der Waals surface area contributed by atoms with Crippen LogP contribution < -0.4 is 5.32 Å². The lowest BCUT2D eigenvalue weighted by molar-refractivity contribution is 0.0907. The summed E-state index contributed by atoms with van der Waals surface area (Å²) >= 11 is 3.02. The fraction of sp³-hybridized carbons (Fsp3) is 0.417. The molecule has 5 heteroatoms. The summed E-state index contributed by atoms with van der Waals surface area (Å²) in [5.41, 5.74) is -0.425. The standard InChI is InChI=1S/C12H15BrFNO2/c1-12(2,7-16)6-15-11(17)8-4-3-5-9(13)10(8)14/h3-5,16H,6-7H2,1-2H3,(H,15,17). The first kappa shape index (κ1) is 14.1. The van der Waals surface area contributed by atoms with Gasteiger partial charge in [-0.1, -0.05) is 19.9 Å². The van der Waals surface area contributed by atoms with Gasteiger partial charge in [0.05, 0.1) is 10.0 Å². The van der Waals surface area contributed by atoms with Crippen LogP contribution in [0, 0.1) is 11.2 Å². The summed E-state index contributed by atoms with van der Waals surface area (Å²) in [4.78, 5) is 11.7. The van der Waals surface area contributed by atoms with Crippen LogP contribution >= 0.6 is 15.9 Å². The van der Waals surface area contributed by atoms with E-state index in [1.54, 1.807) is 6.07 Å². The molecule has 0 aliphatic carbocycles. The molecule has 0 saturated carbocycles. The smallest absolute Gasteiger partial charge is 0.254 e. The van der Waals surface area contributed by atoms with Crippen molar-refractivity contribution in [2.45, 2.75) is 13.8 Å². The van der Waals surface area contributed by atoms with Gasteiger partial charge in [-0.3, -0.25) is 4.79 Å². The van der Waals surface area contributed by atoms with Gasteiger partial charge in [-0.05, 0) is 28.1 Å². The zero-order chi connectivity index (χ0) is 13.1. The zero-order valence-electron chi connectivity index (χ0n) is 9.76. The average Bonchev–Trinajstić information content (AvgIpc) is 2.30. The Morgan fingerprint density at radius 3 is 2.76 bits per heavy atom. The largest absolute Gasteiger partial charge is 0.396 e. The quantitative estimate of drug-likeness (QED) is 0.897. The van der Waals surface area contributed by atoms with Crippen molar-refractivity contribution < 1.29 is 14.3 Å². The van der Waals surface area contributed by atoms with Crippen LogP contribution in [-0.4, -0.2) is 24.2 Å². The van der Waals surface area contributed by atoms with Crippen molar-refractivity contribution in [2.24, 2.45) is 5.41 Å². The van der Waals surface area contributed by atoms with Gasteiger partial charge in [-0.2, -0.15) is 0 Å². The molecule has 1 amide bonds. The van der Waals surface area contributed by atoms with Crippen molar-refractivity contribution in [3.05, 3.63) is 34.1 Å². The van der Waals surface area contributed by atoms with Gasteiger partial charge < -0.3 is 10.4 Å². The highest BCUT2D eigenvalue weighted by Gasteiger charge is 2.19. The summed E-state index contributed by atoms with van der Waals surface area (Å²) in [6.07, 6.45) is 0. The lowest BCUT2D eigenvalue weighted by Crippen LogP contribution is -2.36. The second-order valence-electron chi connectivity index (χ2n) is 4.61. The summed E-state index contributed by atoms with van der Waals surface area (Å²) in [7, 11) is 0. The van der Waals surface area contributed by atoms with E-state index in [0.29, 0.717) is 0 Å². The molecule has 1 aromatic carbocycles. The molecular formula is C12H15BrFNO2. The second kappa shape index (κ2) is 5.60. The van der Waals surface area contributed by atoms with Crippen LogP contribution in [0.4, 0.5) is 4.39 Å². The molecule has 3 nitrogen and oxygen atoms in total. The summed E-state index contributed by atoms with van der Waals surface area (Å²) < 4.78 is 13.9. The molecule has 0 aliphatic rings. The van der Waals surface area contributed by atoms with Crippen LogP contribution in [0.2, 0.25) is 0 Å². The zero-order valence-corrected chi connectivity index (χ0v) is 11.3. The van der Waals surface area contributed by atoms with Crippen molar-refractivity contribution in [3.8, 4) is 0 Å². The first-order valence-electron chi connectivity index (χ1n) is 5.20. The predicted octanol–water partition coefficient (Wildman–Crippen LogP) is 2.34. The topological polar surface area (TPSA) is 49.3 Å². The molecule has 0 atom stereocenters. The number of amides is 1. The van der Waals surface area contributed by atoms with E-state index >= 15 is 0 Å². The molecule has 94 valence electrons. The third-order valence-corrected chi connectivity index (χ3v) is 2.96. The van der Waals surface area contributed by atoms with Crippen LogP contribution in [-0.2, 0) is 0 Å². The molecule has 0 saturated heterocycles. The maximum atomic E-state index is 13.6. The van der Waals surface area contributed by atoms with Crippen LogP contribution in [0.25, 0.3) is 0 Å². The van der Waals surface area contributed by atoms with Crippen LogP contribution in [0.3, 0.4) is 0 Å². The van der Waals surface area contributed by atoms with E-state index in [1.807, 2.05) is 13.8 Å². The molecule has 0 spiro atoms. The molecule has 1 aromatic rings. The minimum absolute atomic E-state index is 0.00638. The predicted molar refractivity (Wildman–Crippen MR) is 67.3 cm³/mol. The number of nitrogens with one attached hydrogen (secondary N) is 1. The van der Waals surface area contributed by atoms with Crippen molar-refractivity contribution in [1.82, 2.24) is 5.32 Å². The highest BCUT2D eigenvalue weighted by atomic mass is 79.9. The summed E-state index contributed by atoms with van der Waals surface area (Å²) in [5.74, 6) is -1.06. The van der Waals surface area contributed by atoms with Gasteiger partial charge in [0.15, 0.2) is 0 Å². The van der Waals surface area contributed by atoms with E-state index in [-0.39, 0.29) is 23.2 Å². The number of hydrogen-bond donors (Lipinski definition) is 2. The molecule has 0 bridgehead atoms. The monoisotopic (exact) mass is 303 g/mol. The van der Waals surface area contributed by atoms with E-state index in [2.05, 4.69) is 21.2 Å². The van der Waals surface area contributed by atoms with Crippen molar-refractivity contribution in [1.29, 1.82) is 0 Å². The number of hydrogen-bond acceptors (Lipinski definition) is 2. The highest BCUT2D eigenvalue weighted by Crippen LogP contribution is 2.19. The second-order valence-corrected chi connectivity index (χ2v) is 5.46. The number of halogens is 2. The first-order chi connectivity index (χ1) is 7.87. The normalized spacial score (nSPS) is 11.4. The van der Waals surface area contributed by atoms with E-state index in [4.69, 9.17) is 5.11 Å². The lowest BCUT2D eigenvalue weighted by atomic mass is 9.95. The highest BCUT2D eigenvalue weighted by molar-refractivity contribution is 9.10. The fourth-order valence-corrected chi connectivity index (χ4v) is 1.52. The van der Waals surface area contributed by atoms with Gasteiger partial charge in [-0.15, -0.1) is 0 Å². The Morgan fingerprint density at radius 2 is 2.18 bits per heavy atom. The number of aliphatic hydroxyl groups is 1. The number of aliphatic hydroxyl groups excluding tert-OH is 1. The molecule has 17 heavy (non-hydrogen) atoms. The molecule has 1 rings (SSSR count). The van der Waals surface area contributed by atoms with Crippen LogP contribution in [0.1, 0.15) is 24.2 Å². The molecule has 0 unspecified atom stereocenters. The van der Waals surface area contributed by atoms with Crippen molar-refractivity contribution in [2.75, 3.05) is 13.2 Å². The minimum Gasteiger partial charge on any atom is -0.396 e. The molecule has 2 N–H and O–H groups in total. The lowest BCUT2D eigenvalue weighted by Gasteiger charge is -2.21. The Bertz CT molecular complexity index is 421. The number of benzene rings is 1. The minimum atomic E-state index is -0.577. The van der Waals surface area contributed by atoms with Gasteiger partial charge in [0, 0.05) is 18.6 Å². The molecule has 0 aliphatic heterocycles. The Kier molecular flexibility index (Phi) is 4.65. The Morgan fingerprint density at radius 1 is 1.53 bits per heavy atom. The third kappa shape index (κ3) is 3.78. The van der Waals surface area contributed by atoms with E-state index < -0.39 is 17.1 Å².